The van der Waals surface area contributed by atoms with Crippen LogP contribution >= 0.6 is 0 Å². The highest BCUT2D eigenvalue weighted by Gasteiger charge is 2.33. The average Bonchev–Trinajstić information content (AvgIpc) is 3.49. The number of benzene rings is 2. The Bertz CT molecular complexity index is 1030. The minimum absolute atomic E-state index is 0.0776. The Hall–Kier alpha value is -2.91. The molecule has 0 unspecified atom stereocenters. The highest BCUT2D eigenvalue weighted by atomic mass is 19.1. The first-order chi connectivity index (χ1) is 15.7. The first-order valence-corrected chi connectivity index (χ1v) is 11.1. The van der Waals surface area contributed by atoms with Crippen LogP contribution in [0.5, 0.6) is 0 Å². The molecule has 168 valence electrons. The Kier molecular flexibility index (Phi) is 6.09. The third-order valence-corrected chi connectivity index (χ3v) is 6.28. The van der Waals surface area contributed by atoms with Gasteiger partial charge in [-0.3, -0.25) is 4.90 Å². The molecule has 2 aromatic carbocycles. The summed E-state index contributed by atoms with van der Waals surface area (Å²) in [6.45, 7) is 4.19. The van der Waals surface area contributed by atoms with Crippen LogP contribution in [-0.4, -0.2) is 64.0 Å². The molecule has 0 amide bonds. The number of rotatable bonds is 6. The monoisotopic (exact) mass is 440 g/mol. The molecule has 2 atom stereocenters. The lowest BCUT2D eigenvalue weighted by Gasteiger charge is -2.40. The number of anilines is 1. The Morgan fingerprint density at radius 2 is 1.78 bits per heavy atom. The van der Waals surface area contributed by atoms with Gasteiger partial charge in [0, 0.05) is 44.0 Å². The van der Waals surface area contributed by atoms with Gasteiger partial charge >= 0.3 is 0 Å². The molecule has 3 heterocycles. The van der Waals surface area contributed by atoms with Crippen molar-refractivity contribution < 1.29 is 13.5 Å². The van der Waals surface area contributed by atoms with Crippen LogP contribution in [-0.2, 0) is 11.3 Å². The van der Waals surface area contributed by atoms with Crippen molar-refractivity contribution in [2.45, 2.75) is 31.5 Å². The van der Waals surface area contributed by atoms with Crippen molar-refractivity contribution in [3.8, 4) is 0 Å². The maximum Gasteiger partial charge on any atom is 0.173 e. The molecule has 2 aliphatic heterocycles. The number of tetrazole rings is 1. The molecule has 0 radical (unpaired) electrons. The van der Waals surface area contributed by atoms with Gasteiger partial charge in [-0.1, -0.05) is 18.2 Å². The molecule has 2 fully saturated rings. The predicted octanol–water partition coefficient (Wildman–Crippen LogP) is 3.04. The zero-order valence-corrected chi connectivity index (χ0v) is 17.8. The van der Waals surface area contributed by atoms with Crippen molar-refractivity contribution in [2.24, 2.45) is 0 Å². The zero-order valence-electron chi connectivity index (χ0n) is 17.8. The number of hydrogen-bond donors (Lipinski definition) is 0. The largest absolute Gasteiger partial charge is 0.376 e. The summed E-state index contributed by atoms with van der Waals surface area (Å²) in [6, 6.07) is 13.0. The van der Waals surface area contributed by atoms with Crippen molar-refractivity contribution in [1.82, 2.24) is 25.1 Å². The summed E-state index contributed by atoms with van der Waals surface area (Å²) < 4.78 is 35.8. The molecule has 2 saturated heterocycles. The molecule has 0 saturated carbocycles. The molecule has 1 aromatic heterocycles. The summed E-state index contributed by atoms with van der Waals surface area (Å²) in [6.07, 6.45) is 2.08. The summed E-state index contributed by atoms with van der Waals surface area (Å²) in [7, 11) is 0. The van der Waals surface area contributed by atoms with Crippen molar-refractivity contribution in [2.75, 3.05) is 37.7 Å². The first kappa shape index (κ1) is 21.0. The number of nitrogens with zero attached hydrogens (tertiary/aromatic N) is 6. The van der Waals surface area contributed by atoms with Gasteiger partial charge in [0.2, 0.25) is 0 Å². The number of piperazine rings is 1. The number of aromatic nitrogens is 4. The highest BCUT2D eigenvalue weighted by Crippen LogP contribution is 2.31. The SMILES string of the molecule is Fc1ccc(N2CCN([C@@H](c3ccccc3F)c3nnnn3C[C@@H]3CCCO3)CC2)cc1. The van der Waals surface area contributed by atoms with E-state index in [1.165, 1.54) is 18.2 Å². The van der Waals surface area contributed by atoms with Crippen LogP contribution in [0.3, 0.4) is 0 Å². The quantitative estimate of drug-likeness (QED) is 0.587. The molecular weight excluding hydrogens is 414 g/mol. The van der Waals surface area contributed by atoms with E-state index in [1.807, 2.05) is 6.07 Å². The third kappa shape index (κ3) is 4.35. The second-order valence-electron chi connectivity index (χ2n) is 8.28. The number of ether oxygens (including phenoxy) is 1. The van der Waals surface area contributed by atoms with Crippen molar-refractivity contribution >= 4 is 5.69 Å². The van der Waals surface area contributed by atoms with Crippen LogP contribution in [0.1, 0.15) is 30.3 Å². The molecular formula is C23H26F2N6O. The first-order valence-electron chi connectivity index (χ1n) is 11.1. The van der Waals surface area contributed by atoms with Crippen molar-refractivity contribution in [3.05, 3.63) is 71.6 Å². The molecule has 0 spiro atoms. The minimum atomic E-state index is -0.400. The molecule has 2 aliphatic rings. The van der Waals surface area contributed by atoms with Gasteiger partial charge < -0.3 is 9.64 Å². The van der Waals surface area contributed by atoms with E-state index in [1.54, 1.807) is 28.9 Å². The van der Waals surface area contributed by atoms with Crippen LogP contribution in [0.4, 0.5) is 14.5 Å². The van der Waals surface area contributed by atoms with Crippen LogP contribution in [0.25, 0.3) is 0 Å². The van der Waals surface area contributed by atoms with E-state index in [0.29, 0.717) is 31.0 Å². The third-order valence-electron chi connectivity index (χ3n) is 6.28. The predicted molar refractivity (Wildman–Crippen MR) is 115 cm³/mol. The van der Waals surface area contributed by atoms with Gasteiger partial charge in [0.15, 0.2) is 5.82 Å². The molecule has 9 heteroatoms. The fourth-order valence-corrected chi connectivity index (χ4v) is 4.60. The smallest absolute Gasteiger partial charge is 0.173 e. The van der Waals surface area contributed by atoms with Crippen molar-refractivity contribution in [3.63, 3.8) is 0 Å². The molecule has 0 aliphatic carbocycles. The van der Waals surface area contributed by atoms with Gasteiger partial charge in [-0.05, 0) is 53.6 Å². The normalized spacial score (nSPS) is 20.6. The van der Waals surface area contributed by atoms with Gasteiger partial charge in [-0.25, -0.2) is 13.5 Å². The maximum absolute atomic E-state index is 14.9. The molecule has 0 bridgehead atoms. The Morgan fingerprint density at radius 3 is 2.50 bits per heavy atom. The molecule has 32 heavy (non-hydrogen) atoms. The summed E-state index contributed by atoms with van der Waals surface area (Å²) >= 11 is 0. The van der Waals surface area contributed by atoms with E-state index in [-0.39, 0.29) is 17.7 Å². The topological polar surface area (TPSA) is 59.3 Å². The van der Waals surface area contributed by atoms with E-state index < -0.39 is 6.04 Å². The lowest BCUT2D eigenvalue weighted by molar-refractivity contribution is 0.0906. The van der Waals surface area contributed by atoms with Crippen molar-refractivity contribution in [1.29, 1.82) is 0 Å². The van der Waals surface area contributed by atoms with E-state index in [2.05, 4.69) is 25.3 Å². The van der Waals surface area contributed by atoms with Crippen LogP contribution in [0.2, 0.25) is 0 Å². The lowest BCUT2D eigenvalue weighted by Crippen LogP contribution is -2.48. The van der Waals surface area contributed by atoms with Crippen LogP contribution in [0, 0.1) is 11.6 Å². The maximum atomic E-state index is 14.9. The van der Waals surface area contributed by atoms with Gasteiger partial charge in [0.25, 0.3) is 0 Å². The second-order valence-corrected chi connectivity index (χ2v) is 8.28. The fourth-order valence-electron chi connectivity index (χ4n) is 4.60. The van der Waals surface area contributed by atoms with E-state index in [9.17, 15) is 8.78 Å². The molecule has 0 N–H and O–H groups in total. The Balaban J connectivity index is 1.40. The second kappa shape index (κ2) is 9.30. The summed E-state index contributed by atoms with van der Waals surface area (Å²) in [4.78, 5) is 4.43. The lowest BCUT2D eigenvalue weighted by atomic mass is 10.0. The summed E-state index contributed by atoms with van der Waals surface area (Å²) in [5.74, 6) is 0.107. The Morgan fingerprint density at radius 1 is 1.00 bits per heavy atom. The Labute approximate surface area is 185 Å². The molecule has 5 rings (SSSR count). The van der Waals surface area contributed by atoms with Gasteiger partial charge in [0.05, 0.1) is 12.6 Å². The summed E-state index contributed by atoms with van der Waals surface area (Å²) in [5.41, 5.74) is 1.54. The van der Waals surface area contributed by atoms with Crippen LogP contribution in [0.15, 0.2) is 48.5 Å². The fraction of sp³-hybridized carbons (Fsp3) is 0.435. The van der Waals surface area contributed by atoms with E-state index in [4.69, 9.17) is 4.74 Å². The van der Waals surface area contributed by atoms with Crippen LogP contribution < -0.4 is 4.90 Å². The number of hydrogen-bond acceptors (Lipinski definition) is 6. The summed E-state index contributed by atoms with van der Waals surface area (Å²) in [5, 5.41) is 12.4. The highest BCUT2D eigenvalue weighted by molar-refractivity contribution is 5.46. The standard InChI is InChI=1S/C23H26F2N6O/c24-17-7-9-18(10-8-17)29-11-13-30(14-12-29)22(20-5-1-2-6-21(20)25)23-26-27-28-31(23)16-19-4-3-15-32-19/h1-2,5-10,19,22H,3-4,11-16H2/t19-,22-/m0/s1. The van der Waals surface area contributed by atoms with E-state index in [0.717, 1.165) is 38.2 Å². The number of halogens is 2. The molecule has 3 aromatic rings. The molecule has 7 nitrogen and oxygen atoms in total. The van der Waals surface area contributed by atoms with Gasteiger partial charge in [-0.2, -0.15) is 0 Å². The van der Waals surface area contributed by atoms with E-state index >= 15 is 0 Å². The van der Waals surface area contributed by atoms with Gasteiger partial charge in [-0.15, -0.1) is 5.10 Å². The minimum Gasteiger partial charge on any atom is -0.376 e. The average molecular weight is 440 g/mol. The van der Waals surface area contributed by atoms with Gasteiger partial charge in [0.1, 0.15) is 17.7 Å². The zero-order chi connectivity index (χ0) is 21.9.